The lowest BCUT2D eigenvalue weighted by molar-refractivity contribution is 0.0252. The summed E-state index contributed by atoms with van der Waals surface area (Å²) >= 11 is 5.93. The van der Waals surface area contributed by atoms with E-state index in [0.717, 1.165) is 5.56 Å². The van der Waals surface area contributed by atoms with E-state index < -0.39 is 28.0 Å². The molecule has 3 aromatic rings. The van der Waals surface area contributed by atoms with E-state index in [-0.39, 0.29) is 4.90 Å². The Morgan fingerprint density at radius 1 is 1.03 bits per heavy atom. The number of nitrogens with one attached hydrogen (secondary N) is 1. The molecule has 3 aromatic carbocycles. The number of hydrogen-bond acceptors (Lipinski definition) is 5. The Morgan fingerprint density at radius 2 is 1.71 bits per heavy atom. The van der Waals surface area contributed by atoms with Crippen molar-refractivity contribution >= 4 is 39.2 Å². The van der Waals surface area contributed by atoms with Crippen molar-refractivity contribution in [3.63, 3.8) is 0 Å². The number of primary sulfonamides is 1. The van der Waals surface area contributed by atoms with Gasteiger partial charge in [0.25, 0.3) is 5.91 Å². The van der Waals surface area contributed by atoms with Gasteiger partial charge in [0.1, 0.15) is 6.10 Å². The summed E-state index contributed by atoms with van der Waals surface area (Å²) in [7, 11) is -3.81. The lowest BCUT2D eigenvalue weighted by atomic mass is 9.93. The highest BCUT2D eigenvalue weighted by atomic mass is 35.5. The molecule has 0 aromatic heterocycles. The fraction of sp³-hybridized carbons (Fsp3) is 0.0909. The van der Waals surface area contributed by atoms with Crippen LogP contribution in [0, 0.1) is 0 Å². The summed E-state index contributed by atoms with van der Waals surface area (Å²) < 4.78 is 28.2. The van der Waals surface area contributed by atoms with Gasteiger partial charge in [-0.1, -0.05) is 23.7 Å². The number of anilines is 1. The van der Waals surface area contributed by atoms with Crippen LogP contribution in [-0.4, -0.2) is 20.3 Å². The molecular formula is C22H17ClN2O5S. The largest absolute Gasteiger partial charge is 0.454 e. The topological polar surface area (TPSA) is 116 Å². The molecule has 158 valence electrons. The van der Waals surface area contributed by atoms with Crippen LogP contribution in [0.2, 0.25) is 5.02 Å². The molecule has 0 saturated carbocycles. The number of carbonyl (C=O) groups excluding carboxylic acids is 2. The molecule has 1 amide bonds. The van der Waals surface area contributed by atoms with Gasteiger partial charge in [-0.25, -0.2) is 18.4 Å². The Morgan fingerprint density at radius 3 is 2.35 bits per heavy atom. The van der Waals surface area contributed by atoms with Crippen molar-refractivity contribution in [2.45, 2.75) is 17.4 Å². The van der Waals surface area contributed by atoms with Crippen LogP contribution in [0.4, 0.5) is 5.69 Å². The Hall–Kier alpha value is -3.20. The highest BCUT2D eigenvalue weighted by Gasteiger charge is 2.28. The number of ether oxygens (including phenoxy) is 1. The van der Waals surface area contributed by atoms with E-state index in [2.05, 4.69) is 5.32 Å². The Kier molecular flexibility index (Phi) is 5.53. The first kappa shape index (κ1) is 21.0. The molecule has 31 heavy (non-hydrogen) atoms. The van der Waals surface area contributed by atoms with E-state index in [0.29, 0.717) is 33.8 Å². The fourth-order valence-electron chi connectivity index (χ4n) is 3.33. The zero-order valence-electron chi connectivity index (χ0n) is 16.0. The van der Waals surface area contributed by atoms with Gasteiger partial charge >= 0.3 is 5.97 Å². The number of esters is 1. The molecule has 0 bridgehead atoms. The zero-order chi connectivity index (χ0) is 22.2. The third kappa shape index (κ3) is 4.61. The van der Waals surface area contributed by atoms with Crippen molar-refractivity contribution in [1.29, 1.82) is 0 Å². The monoisotopic (exact) mass is 456 g/mol. The van der Waals surface area contributed by atoms with Crippen LogP contribution in [0.25, 0.3) is 0 Å². The first-order valence-electron chi connectivity index (χ1n) is 9.24. The molecule has 0 aliphatic carbocycles. The summed E-state index contributed by atoms with van der Waals surface area (Å²) in [5, 5.41) is 8.36. The molecule has 1 unspecified atom stereocenters. The molecule has 0 spiro atoms. The predicted octanol–water partition coefficient (Wildman–Crippen LogP) is 3.69. The lowest BCUT2D eigenvalue weighted by Crippen LogP contribution is -2.23. The van der Waals surface area contributed by atoms with E-state index in [9.17, 15) is 18.0 Å². The van der Waals surface area contributed by atoms with Crippen molar-refractivity contribution < 1.29 is 22.7 Å². The van der Waals surface area contributed by atoms with E-state index in [4.69, 9.17) is 21.5 Å². The minimum Gasteiger partial charge on any atom is -0.454 e. The molecule has 0 fully saturated rings. The predicted molar refractivity (Wildman–Crippen MR) is 116 cm³/mol. The zero-order valence-corrected chi connectivity index (χ0v) is 17.6. The van der Waals surface area contributed by atoms with Gasteiger partial charge in [-0.2, -0.15) is 0 Å². The molecule has 7 nitrogen and oxygen atoms in total. The smallest absolute Gasteiger partial charge is 0.339 e. The summed E-state index contributed by atoms with van der Waals surface area (Å²) in [5.74, 6) is -0.847. The summed E-state index contributed by atoms with van der Waals surface area (Å²) in [5.41, 5.74) is 2.70. The maximum atomic E-state index is 12.7. The number of fused-ring (bicyclic) bond motifs is 1. The molecule has 0 saturated heterocycles. The van der Waals surface area contributed by atoms with Gasteiger partial charge < -0.3 is 10.1 Å². The second-order valence-electron chi connectivity index (χ2n) is 7.05. The van der Waals surface area contributed by atoms with E-state index in [1.807, 2.05) is 0 Å². The normalized spacial score (nSPS) is 15.7. The van der Waals surface area contributed by atoms with Crippen LogP contribution in [0.15, 0.2) is 71.6 Å². The highest BCUT2D eigenvalue weighted by Crippen LogP contribution is 2.31. The number of halogens is 1. The second-order valence-corrected chi connectivity index (χ2v) is 9.04. The number of nitrogens with two attached hydrogens (primary N) is 1. The number of sulfonamides is 1. The highest BCUT2D eigenvalue weighted by molar-refractivity contribution is 7.89. The number of carbonyl (C=O) groups is 2. The SMILES string of the molecule is NS(=O)(=O)c1ccc(NC(=O)c2ccc3c(c2)CC(c2ccc(Cl)cc2)OC3=O)cc1. The fourth-order valence-corrected chi connectivity index (χ4v) is 3.97. The minimum atomic E-state index is -3.81. The van der Waals surface area contributed by atoms with Gasteiger partial charge in [-0.3, -0.25) is 4.79 Å². The molecule has 1 aliphatic heterocycles. The molecule has 0 radical (unpaired) electrons. The summed E-state index contributed by atoms with van der Waals surface area (Å²) in [6.45, 7) is 0. The molecule has 3 N–H and O–H groups in total. The standard InChI is InChI=1S/C22H17ClN2O5S/c23-16-4-1-13(2-5-16)20-12-15-11-14(3-10-19(15)22(27)30-20)21(26)25-17-6-8-18(9-7-17)31(24,28)29/h1-11,20H,12H2,(H,25,26)(H2,24,28,29). The molecule has 9 heteroatoms. The van der Waals surface area contributed by atoms with Crippen LogP contribution in [-0.2, 0) is 21.2 Å². The van der Waals surface area contributed by atoms with Crippen molar-refractivity contribution in [2.75, 3.05) is 5.32 Å². The Labute approximate surface area is 183 Å². The van der Waals surface area contributed by atoms with Gasteiger partial charge in [-0.05, 0) is 65.7 Å². The van der Waals surface area contributed by atoms with Gasteiger partial charge in [0, 0.05) is 22.7 Å². The van der Waals surface area contributed by atoms with Crippen LogP contribution < -0.4 is 10.5 Å². The number of benzene rings is 3. The average molecular weight is 457 g/mol. The molecular weight excluding hydrogens is 440 g/mol. The van der Waals surface area contributed by atoms with Gasteiger partial charge in [0.05, 0.1) is 10.5 Å². The van der Waals surface area contributed by atoms with Gasteiger partial charge in [0.2, 0.25) is 10.0 Å². The molecule has 1 heterocycles. The lowest BCUT2D eigenvalue weighted by Gasteiger charge is -2.25. The van der Waals surface area contributed by atoms with Crippen LogP contribution in [0.1, 0.15) is 37.9 Å². The maximum absolute atomic E-state index is 12.7. The first-order valence-corrected chi connectivity index (χ1v) is 11.2. The van der Waals surface area contributed by atoms with Crippen LogP contribution in [0.3, 0.4) is 0 Å². The van der Waals surface area contributed by atoms with Crippen molar-refractivity contribution in [3.8, 4) is 0 Å². The second kappa shape index (κ2) is 8.14. The first-order chi connectivity index (χ1) is 14.7. The van der Waals surface area contributed by atoms with E-state index >= 15 is 0 Å². The van der Waals surface area contributed by atoms with Crippen molar-refractivity contribution in [1.82, 2.24) is 0 Å². The quantitative estimate of drug-likeness (QED) is 0.581. The average Bonchev–Trinajstić information content (AvgIpc) is 2.73. The summed E-state index contributed by atoms with van der Waals surface area (Å²) in [4.78, 5) is 25.0. The van der Waals surface area contributed by atoms with E-state index in [1.54, 1.807) is 36.4 Å². The maximum Gasteiger partial charge on any atom is 0.339 e. The third-order valence-electron chi connectivity index (χ3n) is 4.92. The van der Waals surface area contributed by atoms with Gasteiger partial charge in [-0.15, -0.1) is 0 Å². The van der Waals surface area contributed by atoms with Crippen molar-refractivity contribution in [2.24, 2.45) is 5.14 Å². The van der Waals surface area contributed by atoms with Gasteiger partial charge in [0.15, 0.2) is 0 Å². The van der Waals surface area contributed by atoms with Crippen LogP contribution >= 0.6 is 11.6 Å². The number of amides is 1. The number of rotatable bonds is 4. The third-order valence-corrected chi connectivity index (χ3v) is 6.11. The van der Waals surface area contributed by atoms with E-state index in [1.165, 1.54) is 30.3 Å². The van der Waals surface area contributed by atoms with Crippen molar-refractivity contribution in [3.05, 3.63) is 94.0 Å². The number of hydrogen-bond donors (Lipinski definition) is 2. The Balaban J connectivity index is 1.54. The minimum absolute atomic E-state index is 0.0500. The van der Waals surface area contributed by atoms with Crippen LogP contribution in [0.5, 0.6) is 0 Å². The molecule has 1 atom stereocenters. The summed E-state index contributed by atoms with van der Waals surface area (Å²) in [6.07, 6.45) is -0.0475. The molecule has 1 aliphatic rings. The number of cyclic esters (lactones) is 1. The molecule has 4 rings (SSSR count). The summed E-state index contributed by atoms with van der Waals surface area (Å²) in [6, 6.07) is 17.3. The Bertz CT molecular complexity index is 1270.